The van der Waals surface area contributed by atoms with Gasteiger partial charge >= 0.3 is 11.9 Å². The Morgan fingerprint density at radius 3 is 2.05 bits per heavy atom. The van der Waals surface area contributed by atoms with Crippen molar-refractivity contribution in [3.63, 3.8) is 0 Å². The van der Waals surface area contributed by atoms with E-state index in [1.807, 2.05) is 12.1 Å². The monoisotopic (exact) mass is 703 g/mol. The first-order chi connectivity index (χ1) is 20.3. The second kappa shape index (κ2) is 13.5. The molecule has 3 N–H and O–H groups in total. The van der Waals surface area contributed by atoms with Crippen LogP contribution < -0.4 is 25.8 Å². The van der Waals surface area contributed by atoms with E-state index in [4.69, 9.17) is 38.8 Å². The van der Waals surface area contributed by atoms with Crippen LogP contribution in [-0.4, -0.2) is 39.9 Å². The minimum Gasteiger partial charge on any atom is -0.508 e. The van der Waals surface area contributed by atoms with E-state index >= 15 is 0 Å². The Labute approximate surface area is 260 Å². The Hall–Kier alpha value is -3.40. The Balaban J connectivity index is 1.42. The van der Waals surface area contributed by atoms with Gasteiger partial charge in [-0.3, -0.25) is 4.79 Å². The van der Waals surface area contributed by atoms with Crippen LogP contribution in [0.3, 0.4) is 0 Å². The number of phenolic OH excluding ortho intramolecular Hbond substituents is 1. The summed E-state index contributed by atoms with van der Waals surface area (Å²) in [5, 5.41) is 30.0. The minimum absolute atomic E-state index is 0.150. The highest BCUT2D eigenvalue weighted by atomic mass is 33.7. The number of esters is 2. The van der Waals surface area contributed by atoms with Crippen LogP contribution in [0.5, 0.6) is 17.2 Å². The molecule has 226 valence electrons. The highest BCUT2D eigenvalue weighted by Crippen LogP contribution is 3.04. The normalized spacial score (nSPS) is 19.7. The second-order valence-electron chi connectivity index (χ2n) is 8.46. The van der Waals surface area contributed by atoms with E-state index in [1.54, 1.807) is 58.4 Å². The van der Waals surface area contributed by atoms with Gasteiger partial charge in [-0.05, 0) is 66.7 Å². The zero-order valence-electron chi connectivity index (χ0n) is 21.4. The number of nitrogen functional groups attached to an aromatic ring is 1. The summed E-state index contributed by atoms with van der Waals surface area (Å²) in [4.78, 5) is 54.8. The van der Waals surface area contributed by atoms with Crippen LogP contribution in [0.15, 0.2) is 66.7 Å². The van der Waals surface area contributed by atoms with Crippen molar-refractivity contribution in [1.82, 2.24) is 0 Å². The fraction of sp³-hybridized carbons (Fsp3) is 0.130. The van der Waals surface area contributed by atoms with Crippen LogP contribution in [0, 0.1) is 20.2 Å². The number of rotatable bonds is 12. The molecule has 1 heterocycles. The number of aromatic hydroxyl groups is 1. The number of nitrogens with two attached hydrogens (primary N) is 1. The molecule has 3 aromatic rings. The van der Waals surface area contributed by atoms with E-state index in [9.17, 15) is 34.9 Å². The third kappa shape index (κ3) is 8.37. The molecule has 0 spiro atoms. The van der Waals surface area contributed by atoms with Crippen molar-refractivity contribution in [2.75, 3.05) is 12.3 Å². The van der Waals surface area contributed by atoms with Gasteiger partial charge in [0.25, 0.3) is 10.2 Å². The quantitative estimate of drug-likeness (QED) is 0.0673. The second-order valence-corrected chi connectivity index (χ2v) is 29.8. The van der Waals surface area contributed by atoms with Gasteiger partial charge in [0.15, 0.2) is 0 Å². The molecule has 1 aliphatic rings. The largest absolute Gasteiger partial charge is 0.508 e. The zero-order valence-corrected chi connectivity index (χ0v) is 26.4. The molecule has 4 rings (SSSR count). The van der Waals surface area contributed by atoms with E-state index < -0.39 is 50.1 Å². The molecular formula is C23H19N3O11P2S4. The number of anilines is 1. The van der Waals surface area contributed by atoms with Gasteiger partial charge in [-0.1, -0.05) is 45.6 Å². The third-order valence-electron chi connectivity index (χ3n) is 5.40. The Morgan fingerprint density at radius 2 is 1.49 bits per heavy atom. The molecule has 1 fully saturated rings. The molecule has 1 saturated heterocycles. The number of benzene rings is 3. The van der Waals surface area contributed by atoms with Gasteiger partial charge in [-0.2, -0.15) is 0 Å². The topological polar surface area (TPSA) is 204 Å². The summed E-state index contributed by atoms with van der Waals surface area (Å²) in [6.07, 6.45) is -2.45. The third-order valence-corrected chi connectivity index (χ3v) is 36.6. The summed E-state index contributed by atoms with van der Waals surface area (Å²) in [5.74, 6) is -1.97. The van der Waals surface area contributed by atoms with Crippen LogP contribution in [0.1, 0.15) is 16.8 Å². The predicted octanol–water partition coefficient (Wildman–Crippen LogP) is 4.32. The SMILES string of the molecule is Nc1ccc(OC(=O)CC(CO[N+](=O)[O-])O[N+](=O)[O-])c(C(=O)Oc2ccc(P3(=S)SP(=S)(c4ccc(O)cc4)S3)cc2)c1. The van der Waals surface area contributed by atoms with Crippen molar-refractivity contribution in [1.29, 1.82) is 0 Å². The van der Waals surface area contributed by atoms with E-state index in [1.165, 1.54) is 18.2 Å². The maximum atomic E-state index is 13.0. The summed E-state index contributed by atoms with van der Waals surface area (Å²) in [6.45, 7) is -0.910. The molecule has 0 radical (unpaired) electrons. The Morgan fingerprint density at radius 1 is 0.907 bits per heavy atom. The molecular weight excluding hydrogens is 684 g/mol. The van der Waals surface area contributed by atoms with Crippen molar-refractivity contribution >= 4 is 82.7 Å². The van der Waals surface area contributed by atoms with Gasteiger partial charge in [-0.25, -0.2) is 4.79 Å². The number of phenols is 1. The molecule has 43 heavy (non-hydrogen) atoms. The van der Waals surface area contributed by atoms with Crippen LogP contribution in [-0.2, 0) is 38.1 Å². The summed E-state index contributed by atoms with van der Waals surface area (Å²) >= 11 is 15.0. The van der Waals surface area contributed by atoms with Gasteiger partial charge in [0.05, 0.1) is 15.3 Å². The summed E-state index contributed by atoms with van der Waals surface area (Å²) in [6, 6.07) is 17.2. The molecule has 0 aromatic heterocycles. The number of carbonyl (C=O) groups excluding carboxylic acids is 2. The summed E-state index contributed by atoms with van der Waals surface area (Å²) in [7, 11) is 0. The Kier molecular flexibility index (Phi) is 10.2. The number of hydrogen-bond donors (Lipinski definition) is 2. The lowest BCUT2D eigenvalue weighted by Gasteiger charge is -2.40. The van der Waals surface area contributed by atoms with Crippen molar-refractivity contribution in [3.8, 4) is 17.2 Å². The Bertz CT molecular complexity index is 1660. The van der Waals surface area contributed by atoms with Crippen molar-refractivity contribution < 1.29 is 44.0 Å². The highest BCUT2D eigenvalue weighted by molar-refractivity contribution is 9.48. The van der Waals surface area contributed by atoms with E-state index in [0.29, 0.717) is 0 Å². The lowest BCUT2D eigenvalue weighted by molar-refractivity contribution is -0.789. The molecule has 0 amide bonds. The smallest absolute Gasteiger partial charge is 0.347 e. The van der Waals surface area contributed by atoms with Crippen LogP contribution in [0.25, 0.3) is 0 Å². The molecule has 0 saturated carbocycles. The van der Waals surface area contributed by atoms with E-state index in [0.717, 1.165) is 10.6 Å². The fourth-order valence-electron chi connectivity index (χ4n) is 3.51. The van der Waals surface area contributed by atoms with Gasteiger partial charge in [-0.15, -0.1) is 20.2 Å². The molecule has 1 atom stereocenters. The van der Waals surface area contributed by atoms with E-state index in [-0.39, 0.29) is 28.5 Å². The number of ether oxygens (including phenoxy) is 2. The first-order valence-corrected chi connectivity index (χ1v) is 21.4. The van der Waals surface area contributed by atoms with Gasteiger partial charge in [0.2, 0.25) is 0 Å². The van der Waals surface area contributed by atoms with Gasteiger partial charge < -0.3 is 30.0 Å². The standard InChI is InChI=1S/C23H19N3O11P2S4/c24-14-1-10-21(36-22(28)12-17(37-26(32)33)13-34-25(30)31)20(11-14)23(29)35-16-4-8-19(9-5-16)39(41)42-38(40,43-39)18-6-2-15(27)3-7-18/h1-11,17,27H,12-13,24H2. The van der Waals surface area contributed by atoms with Crippen LogP contribution >= 0.6 is 30.9 Å². The first kappa shape index (κ1) is 32.5. The van der Waals surface area contributed by atoms with Crippen molar-refractivity contribution in [2.24, 2.45) is 0 Å². The maximum Gasteiger partial charge on any atom is 0.347 e. The summed E-state index contributed by atoms with van der Waals surface area (Å²) in [5.41, 5.74) is 5.73. The average Bonchev–Trinajstić information content (AvgIpc) is 2.92. The van der Waals surface area contributed by atoms with Crippen LogP contribution in [0.4, 0.5) is 5.69 Å². The fourth-order valence-corrected chi connectivity index (χ4v) is 45.8. The number of carbonyl (C=O) groups is 2. The number of hydrogen-bond acceptors (Lipinski definition) is 16. The predicted molar refractivity (Wildman–Crippen MR) is 168 cm³/mol. The molecule has 14 nitrogen and oxygen atoms in total. The van der Waals surface area contributed by atoms with Gasteiger partial charge in [0.1, 0.15) is 35.5 Å². The zero-order chi connectivity index (χ0) is 31.4. The number of nitrogens with zero attached hydrogens (tertiary/aromatic N) is 2. The molecule has 1 aliphatic heterocycles. The lowest BCUT2D eigenvalue weighted by Crippen LogP contribution is -2.29. The van der Waals surface area contributed by atoms with Crippen molar-refractivity contribution in [3.05, 3.63) is 92.5 Å². The first-order valence-electron chi connectivity index (χ1n) is 11.7. The summed E-state index contributed by atoms with van der Waals surface area (Å²) < 4.78 is 6.55. The maximum absolute atomic E-state index is 13.0. The van der Waals surface area contributed by atoms with Crippen molar-refractivity contribution in [2.45, 2.75) is 12.5 Å². The van der Waals surface area contributed by atoms with E-state index in [2.05, 4.69) is 9.68 Å². The molecule has 3 aromatic carbocycles. The van der Waals surface area contributed by atoms with Crippen LogP contribution in [0.2, 0.25) is 0 Å². The molecule has 1 unspecified atom stereocenters. The average molecular weight is 704 g/mol. The van der Waals surface area contributed by atoms with Gasteiger partial charge in [0, 0.05) is 16.3 Å². The molecule has 20 heteroatoms. The lowest BCUT2D eigenvalue weighted by atomic mass is 10.1. The minimum atomic E-state index is -2.08. The molecule has 0 aliphatic carbocycles. The molecule has 0 bridgehead atoms. The highest BCUT2D eigenvalue weighted by Gasteiger charge is 2.45.